The van der Waals surface area contributed by atoms with Crippen molar-refractivity contribution in [3.63, 3.8) is 0 Å². The summed E-state index contributed by atoms with van der Waals surface area (Å²) in [5.74, 6) is -0.660. The van der Waals surface area contributed by atoms with E-state index in [-0.39, 0.29) is 28.9 Å². The molecule has 0 unspecified atom stereocenters. The van der Waals surface area contributed by atoms with Crippen LogP contribution < -0.4 is 0 Å². The van der Waals surface area contributed by atoms with Crippen molar-refractivity contribution in [2.45, 2.75) is 59.9 Å². The number of hydrogen-bond donors (Lipinski definition) is 0. The van der Waals surface area contributed by atoms with Gasteiger partial charge in [0, 0.05) is 16.5 Å². The van der Waals surface area contributed by atoms with E-state index in [1.54, 1.807) is 5.38 Å². The molecule has 0 spiro atoms. The average Bonchev–Trinajstić information content (AvgIpc) is 3.67. The third-order valence-corrected chi connectivity index (χ3v) is 10.8. The van der Waals surface area contributed by atoms with Gasteiger partial charge in [-0.05, 0) is 59.8 Å². The zero-order valence-corrected chi connectivity index (χ0v) is 23.8. The van der Waals surface area contributed by atoms with E-state index in [9.17, 15) is 39.2 Å². The summed E-state index contributed by atoms with van der Waals surface area (Å²) < 4.78 is 134. The molecule has 228 valence electrons. The van der Waals surface area contributed by atoms with E-state index in [0.717, 1.165) is 47.9 Å². The lowest BCUT2D eigenvalue weighted by atomic mass is 9.88. The molecule has 0 amide bonds. The highest BCUT2D eigenvalue weighted by Crippen LogP contribution is 2.54. The average molecular weight is 645 g/mol. The van der Waals surface area contributed by atoms with E-state index >= 15 is 0 Å². The summed E-state index contributed by atoms with van der Waals surface area (Å²) in [6, 6.07) is 13.0. The van der Waals surface area contributed by atoms with Gasteiger partial charge in [-0.3, -0.25) is 0 Å². The Morgan fingerprint density at radius 2 is 1.40 bits per heavy atom. The number of sulfone groups is 1. The van der Waals surface area contributed by atoms with Gasteiger partial charge in [-0.1, -0.05) is 65.9 Å². The lowest BCUT2D eigenvalue weighted by Gasteiger charge is -2.38. The molecule has 0 aliphatic heterocycles. The Balaban J connectivity index is 1.51. The summed E-state index contributed by atoms with van der Waals surface area (Å²) in [5.41, 5.74) is -4.77. The number of alkyl halides is 6. The molecule has 0 saturated heterocycles. The van der Waals surface area contributed by atoms with Crippen molar-refractivity contribution < 1.29 is 43.9 Å². The van der Waals surface area contributed by atoms with Gasteiger partial charge in [0.1, 0.15) is 16.3 Å². The van der Waals surface area contributed by atoms with Gasteiger partial charge in [-0.15, -0.1) is 5.10 Å². The van der Waals surface area contributed by atoms with E-state index in [2.05, 4.69) is 9.59 Å². The molecule has 3 aromatic carbocycles. The Hall–Kier alpha value is -3.36. The van der Waals surface area contributed by atoms with Gasteiger partial charge in [0.15, 0.2) is 9.84 Å². The number of benzene rings is 3. The van der Waals surface area contributed by atoms with Crippen LogP contribution in [0.15, 0.2) is 83.1 Å². The van der Waals surface area contributed by atoms with Gasteiger partial charge in [-0.2, -0.15) is 26.3 Å². The predicted octanol–water partition coefficient (Wildman–Crippen LogP) is 8.12. The van der Waals surface area contributed by atoms with Gasteiger partial charge < -0.3 is 4.74 Å². The third kappa shape index (κ3) is 5.44. The number of ether oxygens (including phenoxy) is 1. The van der Waals surface area contributed by atoms with Crippen molar-refractivity contribution in [3.8, 4) is 11.3 Å². The molecule has 1 fully saturated rings. The summed E-state index contributed by atoms with van der Waals surface area (Å²) in [4.78, 5) is -0.194. The second kappa shape index (κ2) is 11.3. The monoisotopic (exact) mass is 644 g/mol. The van der Waals surface area contributed by atoms with Gasteiger partial charge in [0.05, 0.1) is 11.5 Å². The van der Waals surface area contributed by atoms with E-state index in [1.165, 1.54) is 24.3 Å². The Morgan fingerprint density at radius 1 is 0.814 bits per heavy atom. The first kappa shape index (κ1) is 31.1. The van der Waals surface area contributed by atoms with Crippen molar-refractivity contribution in [3.05, 3.63) is 101 Å². The normalized spacial score (nSPS) is 16.0. The lowest BCUT2D eigenvalue weighted by Crippen LogP contribution is -2.55. The first-order chi connectivity index (χ1) is 20.2. The highest BCUT2D eigenvalue weighted by molar-refractivity contribution is 7.92. The molecule has 43 heavy (non-hydrogen) atoms. The van der Waals surface area contributed by atoms with Crippen molar-refractivity contribution in [1.29, 1.82) is 0 Å². The summed E-state index contributed by atoms with van der Waals surface area (Å²) in [5, 5.41) is 5.50. The topological polar surface area (TPSA) is 69.2 Å². The maximum absolute atomic E-state index is 14.4. The number of nitrogens with zero attached hydrogens (tertiary/aromatic N) is 2. The van der Waals surface area contributed by atoms with Crippen LogP contribution in [-0.4, -0.2) is 30.4 Å². The molecular formula is C29H23F7N2O3S2. The first-order valence-corrected chi connectivity index (χ1v) is 15.3. The molecule has 1 aromatic heterocycles. The lowest BCUT2D eigenvalue weighted by molar-refractivity contribution is -0.392. The fraction of sp³-hybridized carbons (Fsp3) is 0.310. The molecular weight excluding hydrogens is 621 g/mol. The summed E-state index contributed by atoms with van der Waals surface area (Å²) in [6.07, 6.45) is -10.7. The largest absolute Gasteiger partial charge is 0.430 e. The molecule has 5 rings (SSSR count). The SMILES string of the molecule is O=S(=O)(c1ccc(F)cc1)C1(c2ccc(C(OCc3ccc(-c4csnn4)cc3)(C(F)(F)F)C(F)(F)F)cc2)CCCC1. The molecule has 0 radical (unpaired) electrons. The van der Waals surface area contributed by atoms with E-state index < -0.39 is 50.5 Å². The van der Waals surface area contributed by atoms with Crippen molar-refractivity contribution in [1.82, 2.24) is 9.59 Å². The molecule has 5 nitrogen and oxygen atoms in total. The number of hydrogen-bond acceptors (Lipinski definition) is 6. The summed E-state index contributed by atoms with van der Waals surface area (Å²) in [6.45, 7) is -1.03. The van der Waals surface area contributed by atoms with Crippen LogP contribution in [0.25, 0.3) is 11.3 Å². The molecule has 4 aromatic rings. The smallest absolute Gasteiger partial charge is 0.349 e. The molecule has 0 atom stereocenters. The summed E-state index contributed by atoms with van der Waals surface area (Å²) in [7, 11) is -4.19. The van der Waals surface area contributed by atoms with E-state index in [1.807, 2.05) is 0 Å². The molecule has 1 aliphatic rings. The van der Waals surface area contributed by atoms with E-state index in [0.29, 0.717) is 36.2 Å². The van der Waals surface area contributed by atoms with Gasteiger partial charge >= 0.3 is 12.4 Å². The maximum atomic E-state index is 14.4. The van der Waals surface area contributed by atoms with Crippen LogP contribution in [0.1, 0.15) is 42.4 Å². The van der Waals surface area contributed by atoms with Crippen LogP contribution in [0.4, 0.5) is 30.7 Å². The number of halogens is 7. The van der Waals surface area contributed by atoms with Crippen LogP contribution in [0.5, 0.6) is 0 Å². The Kier molecular flexibility index (Phi) is 8.16. The Morgan fingerprint density at radius 3 is 1.91 bits per heavy atom. The quantitative estimate of drug-likeness (QED) is 0.143. The van der Waals surface area contributed by atoms with Crippen molar-refractivity contribution in [2.75, 3.05) is 0 Å². The van der Waals surface area contributed by atoms with Crippen LogP contribution in [0.2, 0.25) is 0 Å². The van der Waals surface area contributed by atoms with Crippen molar-refractivity contribution >= 4 is 21.4 Å². The first-order valence-electron chi connectivity index (χ1n) is 13.0. The second-order valence-electron chi connectivity index (χ2n) is 10.2. The third-order valence-electron chi connectivity index (χ3n) is 7.73. The number of rotatable bonds is 8. The predicted molar refractivity (Wildman–Crippen MR) is 144 cm³/mol. The highest BCUT2D eigenvalue weighted by Gasteiger charge is 2.73. The highest BCUT2D eigenvalue weighted by atomic mass is 32.2. The van der Waals surface area contributed by atoms with Crippen LogP contribution in [0.3, 0.4) is 0 Å². The van der Waals surface area contributed by atoms with Gasteiger partial charge in [0.2, 0.25) is 0 Å². The second-order valence-corrected chi connectivity index (χ2v) is 13.1. The Labute approximate surface area is 246 Å². The minimum Gasteiger partial charge on any atom is -0.349 e. The zero-order valence-electron chi connectivity index (χ0n) is 22.1. The molecule has 1 aliphatic carbocycles. The molecule has 1 heterocycles. The minimum atomic E-state index is -5.93. The van der Waals surface area contributed by atoms with Crippen LogP contribution in [0, 0.1) is 5.82 Å². The van der Waals surface area contributed by atoms with Gasteiger partial charge in [-0.25, -0.2) is 12.8 Å². The standard InChI is InChI=1S/C29H23F7N2O3S2/c30-23-11-13-24(14-12-23)43(39,40)26(15-1-2-16-26)21-7-9-22(10-8-21)27(28(31,32)33,29(34,35)36)41-17-19-3-5-20(6-4-19)25-18-42-38-37-25/h3-14,18H,1-2,15-17H2. The Bertz CT molecular complexity index is 1630. The fourth-order valence-corrected chi connectivity index (χ4v) is 8.18. The van der Waals surface area contributed by atoms with Gasteiger partial charge in [0.25, 0.3) is 5.60 Å². The summed E-state index contributed by atoms with van der Waals surface area (Å²) >= 11 is 1.08. The van der Waals surface area contributed by atoms with Crippen LogP contribution >= 0.6 is 11.5 Å². The van der Waals surface area contributed by atoms with Crippen molar-refractivity contribution in [2.24, 2.45) is 0 Å². The molecule has 14 heteroatoms. The molecule has 0 bridgehead atoms. The minimum absolute atomic E-state index is 0.0449. The zero-order chi connectivity index (χ0) is 31.1. The molecule has 0 N–H and O–H groups in total. The molecule has 1 saturated carbocycles. The maximum Gasteiger partial charge on any atom is 0.430 e. The number of aromatic nitrogens is 2. The fourth-order valence-electron chi connectivity index (χ4n) is 5.50. The van der Waals surface area contributed by atoms with E-state index in [4.69, 9.17) is 4.74 Å². The van der Waals surface area contributed by atoms with Crippen LogP contribution in [-0.2, 0) is 31.5 Å².